The van der Waals surface area contributed by atoms with Gasteiger partial charge in [-0.15, -0.1) is 5.10 Å². The first-order valence-electron chi connectivity index (χ1n) is 7.22. The Bertz CT molecular complexity index is 366. The SMILES string of the molecule is CCOCCc1nc(N2CCCC(CNC)C2)n[nH]1. The van der Waals surface area contributed by atoms with Crippen LogP contribution in [0.25, 0.3) is 0 Å². The standard InChI is InChI=1S/C13H25N5O/c1-3-19-8-6-12-15-13(17-16-12)18-7-4-5-11(10-18)9-14-2/h11,14H,3-10H2,1-2H3,(H,15,16,17). The molecule has 1 unspecified atom stereocenters. The Kier molecular flexibility index (Phi) is 5.60. The molecule has 2 N–H and O–H groups in total. The monoisotopic (exact) mass is 267 g/mol. The second-order valence-electron chi connectivity index (χ2n) is 5.04. The highest BCUT2D eigenvalue weighted by atomic mass is 16.5. The van der Waals surface area contributed by atoms with E-state index in [1.165, 1.54) is 12.8 Å². The highest BCUT2D eigenvalue weighted by molar-refractivity contribution is 5.29. The zero-order valence-corrected chi connectivity index (χ0v) is 12.0. The molecule has 0 aliphatic carbocycles. The zero-order chi connectivity index (χ0) is 13.5. The van der Waals surface area contributed by atoms with Gasteiger partial charge in [0.1, 0.15) is 5.82 Å². The van der Waals surface area contributed by atoms with Gasteiger partial charge in [0, 0.05) is 26.1 Å². The third kappa shape index (κ3) is 4.18. The first kappa shape index (κ1) is 14.3. The number of anilines is 1. The molecule has 1 aromatic rings. The van der Waals surface area contributed by atoms with E-state index in [0.29, 0.717) is 12.5 Å². The molecule has 1 saturated heterocycles. The predicted molar refractivity (Wildman–Crippen MR) is 75.4 cm³/mol. The number of H-pyrrole nitrogens is 1. The molecular weight excluding hydrogens is 242 g/mol. The number of piperidine rings is 1. The van der Waals surface area contributed by atoms with E-state index >= 15 is 0 Å². The van der Waals surface area contributed by atoms with Gasteiger partial charge >= 0.3 is 0 Å². The maximum Gasteiger partial charge on any atom is 0.244 e. The van der Waals surface area contributed by atoms with E-state index in [1.54, 1.807) is 0 Å². The van der Waals surface area contributed by atoms with Gasteiger partial charge < -0.3 is 15.0 Å². The number of rotatable bonds is 7. The fourth-order valence-corrected chi connectivity index (χ4v) is 2.55. The van der Waals surface area contributed by atoms with Crippen molar-refractivity contribution in [2.24, 2.45) is 5.92 Å². The van der Waals surface area contributed by atoms with E-state index in [9.17, 15) is 0 Å². The third-order valence-corrected chi connectivity index (χ3v) is 3.50. The first-order chi connectivity index (χ1) is 9.33. The number of nitrogens with one attached hydrogen (secondary N) is 2. The van der Waals surface area contributed by atoms with Crippen molar-refractivity contribution in [3.8, 4) is 0 Å². The molecule has 1 aliphatic rings. The summed E-state index contributed by atoms with van der Waals surface area (Å²) >= 11 is 0. The van der Waals surface area contributed by atoms with E-state index in [1.807, 2.05) is 14.0 Å². The molecular formula is C13H25N5O. The Morgan fingerprint density at radius 2 is 2.42 bits per heavy atom. The van der Waals surface area contributed by atoms with Gasteiger partial charge in [-0.2, -0.15) is 4.98 Å². The van der Waals surface area contributed by atoms with Gasteiger partial charge in [-0.3, -0.25) is 5.10 Å². The molecule has 2 heterocycles. The van der Waals surface area contributed by atoms with Crippen molar-refractivity contribution in [1.82, 2.24) is 20.5 Å². The molecule has 1 aromatic heterocycles. The summed E-state index contributed by atoms with van der Waals surface area (Å²) in [7, 11) is 2.01. The molecule has 0 bridgehead atoms. The molecule has 1 atom stereocenters. The van der Waals surface area contributed by atoms with Crippen LogP contribution in [0.3, 0.4) is 0 Å². The van der Waals surface area contributed by atoms with E-state index in [4.69, 9.17) is 4.74 Å². The van der Waals surface area contributed by atoms with Crippen LogP contribution in [0.5, 0.6) is 0 Å². The lowest BCUT2D eigenvalue weighted by molar-refractivity contribution is 0.149. The number of nitrogens with zero attached hydrogens (tertiary/aromatic N) is 3. The van der Waals surface area contributed by atoms with Crippen molar-refractivity contribution < 1.29 is 4.74 Å². The summed E-state index contributed by atoms with van der Waals surface area (Å²) in [6.45, 7) is 6.62. The summed E-state index contributed by atoms with van der Waals surface area (Å²) in [5.74, 6) is 2.45. The molecule has 0 amide bonds. The fraction of sp³-hybridized carbons (Fsp3) is 0.846. The first-order valence-corrected chi connectivity index (χ1v) is 7.22. The normalized spacial score (nSPS) is 19.9. The van der Waals surface area contributed by atoms with Crippen LogP contribution in [-0.2, 0) is 11.2 Å². The van der Waals surface area contributed by atoms with Gasteiger partial charge in [-0.25, -0.2) is 0 Å². The van der Waals surface area contributed by atoms with Crippen LogP contribution < -0.4 is 10.2 Å². The zero-order valence-electron chi connectivity index (χ0n) is 12.0. The Balaban J connectivity index is 1.86. The van der Waals surface area contributed by atoms with Gasteiger partial charge in [0.25, 0.3) is 0 Å². The highest BCUT2D eigenvalue weighted by Crippen LogP contribution is 2.19. The number of aromatic amines is 1. The summed E-state index contributed by atoms with van der Waals surface area (Å²) < 4.78 is 5.33. The number of hydrogen-bond acceptors (Lipinski definition) is 5. The van der Waals surface area contributed by atoms with Crippen LogP contribution in [-0.4, -0.2) is 55.1 Å². The minimum absolute atomic E-state index is 0.698. The van der Waals surface area contributed by atoms with Crippen LogP contribution in [0.1, 0.15) is 25.6 Å². The van der Waals surface area contributed by atoms with Gasteiger partial charge in [-0.1, -0.05) is 0 Å². The van der Waals surface area contributed by atoms with Gasteiger partial charge in [-0.05, 0) is 39.3 Å². The summed E-state index contributed by atoms with van der Waals surface area (Å²) in [6.07, 6.45) is 3.31. The van der Waals surface area contributed by atoms with Crippen molar-refractivity contribution in [2.45, 2.75) is 26.2 Å². The molecule has 0 aromatic carbocycles. The lowest BCUT2D eigenvalue weighted by Gasteiger charge is -2.31. The number of ether oxygens (including phenoxy) is 1. The molecule has 6 heteroatoms. The van der Waals surface area contributed by atoms with Gasteiger partial charge in [0.2, 0.25) is 5.95 Å². The molecule has 19 heavy (non-hydrogen) atoms. The van der Waals surface area contributed by atoms with Crippen LogP contribution >= 0.6 is 0 Å². The molecule has 0 spiro atoms. The minimum atomic E-state index is 0.698. The Hall–Kier alpha value is -1.14. The molecule has 0 saturated carbocycles. The molecule has 6 nitrogen and oxygen atoms in total. The lowest BCUT2D eigenvalue weighted by Crippen LogP contribution is -2.39. The van der Waals surface area contributed by atoms with Crippen LogP contribution in [0.15, 0.2) is 0 Å². The Morgan fingerprint density at radius 1 is 1.53 bits per heavy atom. The highest BCUT2D eigenvalue weighted by Gasteiger charge is 2.22. The summed E-state index contributed by atoms with van der Waals surface area (Å²) in [5.41, 5.74) is 0. The second-order valence-corrected chi connectivity index (χ2v) is 5.04. The average Bonchev–Trinajstić information content (AvgIpc) is 2.89. The van der Waals surface area contributed by atoms with Crippen molar-refractivity contribution in [2.75, 3.05) is 44.8 Å². The topological polar surface area (TPSA) is 66.1 Å². The van der Waals surface area contributed by atoms with Crippen LogP contribution in [0, 0.1) is 5.92 Å². The molecule has 1 fully saturated rings. The maximum atomic E-state index is 5.33. The fourth-order valence-electron chi connectivity index (χ4n) is 2.55. The average molecular weight is 267 g/mol. The molecule has 2 rings (SSSR count). The molecule has 0 radical (unpaired) electrons. The quantitative estimate of drug-likeness (QED) is 0.716. The molecule has 1 aliphatic heterocycles. The second kappa shape index (κ2) is 7.45. The summed E-state index contributed by atoms with van der Waals surface area (Å²) in [6, 6.07) is 0. The summed E-state index contributed by atoms with van der Waals surface area (Å²) in [5, 5.41) is 10.6. The van der Waals surface area contributed by atoms with Crippen molar-refractivity contribution in [3.63, 3.8) is 0 Å². The molecule has 108 valence electrons. The van der Waals surface area contributed by atoms with Crippen LogP contribution in [0.4, 0.5) is 5.95 Å². The Labute approximate surface area is 114 Å². The number of hydrogen-bond donors (Lipinski definition) is 2. The minimum Gasteiger partial charge on any atom is -0.381 e. The van der Waals surface area contributed by atoms with E-state index < -0.39 is 0 Å². The van der Waals surface area contributed by atoms with E-state index in [2.05, 4.69) is 25.4 Å². The smallest absolute Gasteiger partial charge is 0.244 e. The summed E-state index contributed by atoms with van der Waals surface area (Å²) in [4.78, 5) is 6.84. The third-order valence-electron chi connectivity index (χ3n) is 3.50. The Morgan fingerprint density at radius 3 is 3.21 bits per heavy atom. The van der Waals surface area contributed by atoms with Crippen molar-refractivity contribution in [1.29, 1.82) is 0 Å². The predicted octanol–water partition coefficient (Wildman–Crippen LogP) is 0.820. The maximum absolute atomic E-state index is 5.33. The van der Waals surface area contributed by atoms with Crippen molar-refractivity contribution in [3.05, 3.63) is 5.82 Å². The number of aromatic nitrogens is 3. The van der Waals surface area contributed by atoms with Crippen molar-refractivity contribution >= 4 is 5.95 Å². The van der Waals surface area contributed by atoms with E-state index in [-0.39, 0.29) is 0 Å². The van der Waals surface area contributed by atoms with Gasteiger partial charge in [0.15, 0.2) is 0 Å². The van der Waals surface area contributed by atoms with E-state index in [0.717, 1.165) is 44.4 Å². The van der Waals surface area contributed by atoms with Crippen LogP contribution in [0.2, 0.25) is 0 Å². The van der Waals surface area contributed by atoms with Gasteiger partial charge in [0.05, 0.1) is 6.61 Å². The largest absolute Gasteiger partial charge is 0.381 e. The lowest BCUT2D eigenvalue weighted by atomic mass is 9.98.